The number of aromatic nitrogens is 2. The number of nitrogens with zero attached hydrogens (tertiary/aromatic N) is 3. The Labute approximate surface area is 107 Å². The second-order valence-corrected chi connectivity index (χ2v) is 4.58. The smallest absolute Gasteiger partial charge is 0.206 e. The number of para-hydroxylation sites is 2. The first-order valence-corrected chi connectivity index (χ1v) is 6.51. The Hall–Kier alpha value is -1.59. The van der Waals surface area contributed by atoms with Crippen LogP contribution >= 0.6 is 0 Å². The normalized spacial score (nSPS) is 16.4. The number of fused-ring (bicyclic) bond motifs is 1. The molecule has 3 rings (SSSR count). The van der Waals surface area contributed by atoms with Crippen LogP contribution in [0.15, 0.2) is 24.3 Å². The van der Waals surface area contributed by atoms with E-state index in [-0.39, 0.29) is 0 Å². The molecule has 1 aliphatic rings. The molecule has 18 heavy (non-hydrogen) atoms. The van der Waals surface area contributed by atoms with Crippen LogP contribution in [0.1, 0.15) is 0 Å². The van der Waals surface area contributed by atoms with E-state index in [4.69, 9.17) is 10.7 Å². The van der Waals surface area contributed by atoms with Crippen molar-refractivity contribution in [2.45, 2.75) is 6.54 Å². The monoisotopic (exact) mass is 245 g/mol. The van der Waals surface area contributed by atoms with Crippen LogP contribution in [-0.4, -0.2) is 42.3 Å². The van der Waals surface area contributed by atoms with E-state index < -0.39 is 0 Å². The zero-order valence-electron chi connectivity index (χ0n) is 10.5. The van der Waals surface area contributed by atoms with Gasteiger partial charge in [0.05, 0.1) is 11.0 Å². The summed E-state index contributed by atoms with van der Waals surface area (Å²) in [6.45, 7) is 5.51. The largest absolute Gasteiger partial charge is 0.340 e. The highest BCUT2D eigenvalue weighted by atomic mass is 15.3. The van der Waals surface area contributed by atoms with Crippen molar-refractivity contribution >= 4 is 17.0 Å². The number of nitrogens with one attached hydrogen (secondary N) is 1. The molecule has 5 heteroatoms. The summed E-state index contributed by atoms with van der Waals surface area (Å²) in [5.74, 6) is 1.06. The second kappa shape index (κ2) is 4.96. The Bertz CT molecular complexity index is 527. The third-order valence-electron chi connectivity index (χ3n) is 3.39. The van der Waals surface area contributed by atoms with Crippen LogP contribution in [-0.2, 0) is 6.54 Å². The van der Waals surface area contributed by atoms with Crippen molar-refractivity contribution in [3.63, 3.8) is 0 Å². The molecule has 0 unspecified atom stereocenters. The van der Waals surface area contributed by atoms with Gasteiger partial charge < -0.3 is 20.5 Å². The maximum atomic E-state index is 5.73. The maximum Gasteiger partial charge on any atom is 0.206 e. The summed E-state index contributed by atoms with van der Waals surface area (Å²) in [5.41, 5.74) is 7.96. The zero-order valence-corrected chi connectivity index (χ0v) is 10.5. The quantitative estimate of drug-likeness (QED) is 0.822. The predicted octanol–water partition coefficient (Wildman–Crippen LogP) is 0.405. The van der Waals surface area contributed by atoms with Crippen molar-refractivity contribution in [1.29, 1.82) is 0 Å². The van der Waals surface area contributed by atoms with Crippen LogP contribution in [0.2, 0.25) is 0 Å². The summed E-state index contributed by atoms with van der Waals surface area (Å²) < 4.78 is 2.24. The first kappa shape index (κ1) is 11.5. The number of hydrogen-bond acceptors (Lipinski definition) is 4. The molecule has 2 heterocycles. The fraction of sp³-hybridized carbons (Fsp3) is 0.462. The Morgan fingerprint density at radius 1 is 1.22 bits per heavy atom. The summed E-state index contributed by atoms with van der Waals surface area (Å²) in [5, 5.41) is 3.37. The lowest BCUT2D eigenvalue weighted by Crippen LogP contribution is -2.44. The van der Waals surface area contributed by atoms with E-state index in [0.717, 1.165) is 44.2 Å². The minimum atomic E-state index is 0.638. The van der Waals surface area contributed by atoms with Gasteiger partial charge in [-0.25, -0.2) is 4.98 Å². The number of nitrogens with two attached hydrogens (primary N) is 1. The number of piperazine rings is 1. The molecule has 0 radical (unpaired) electrons. The van der Waals surface area contributed by atoms with E-state index in [1.54, 1.807) is 0 Å². The van der Waals surface area contributed by atoms with Crippen molar-refractivity contribution in [2.75, 3.05) is 37.6 Å². The van der Waals surface area contributed by atoms with Gasteiger partial charge in [-0.2, -0.15) is 0 Å². The average molecular weight is 245 g/mol. The van der Waals surface area contributed by atoms with Gasteiger partial charge in [-0.05, 0) is 12.1 Å². The average Bonchev–Trinajstić information content (AvgIpc) is 2.80. The molecule has 2 aromatic rings. The van der Waals surface area contributed by atoms with Crippen molar-refractivity contribution in [3.05, 3.63) is 24.3 Å². The van der Waals surface area contributed by atoms with Crippen LogP contribution in [0, 0.1) is 0 Å². The molecule has 0 amide bonds. The van der Waals surface area contributed by atoms with Crippen LogP contribution in [0.4, 0.5) is 5.95 Å². The molecule has 0 atom stereocenters. The van der Waals surface area contributed by atoms with Gasteiger partial charge in [0.1, 0.15) is 0 Å². The predicted molar refractivity (Wildman–Crippen MR) is 73.9 cm³/mol. The van der Waals surface area contributed by atoms with Crippen molar-refractivity contribution in [1.82, 2.24) is 14.9 Å². The van der Waals surface area contributed by atoms with Gasteiger partial charge in [0, 0.05) is 39.3 Å². The lowest BCUT2D eigenvalue weighted by molar-refractivity contribution is 0.567. The molecule has 1 aromatic heterocycles. The molecule has 0 aliphatic carbocycles. The Balaban J connectivity index is 2.05. The minimum absolute atomic E-state index is 0.638. The number of rotatable bonds is 3. The highest BCUT2D eigenvalue weighted by molar-refractivity contribution is 5.78. The highest BCUT2D eigenvalue weighted by Gasteiger charge is 2.18. The summed E-state index contributed by atoms with van der Waals surface area (Å²) in [6, 6.07) is 8.26. The topological polar surface area (TPSA) is 59.1 Å². The molecule has 1 fully saturated rings. The van der Waals surface area contributed by atoms with Crippen molar-refractivity contribution < 1.29 is 0 Å². The lowest BCUT2D eigenvalue weighted by Gasteiger charge is -2.28. The first-order chi connectivity index (χ1) is 8.90. The van der Waals surface area contributed by atoms with E-state index >= 15 is 0 Å². The SMILES string of the molecule is NCCn1c(N2CCNCC2)nc2ccccc21. The number of anilines is 1. The Kier molecular flexibility index (Phi) is 3.17. The van der Waals surface area contributed by atoms with Gasteiger partial charge in [0.25, 0.3) is 0 Å². The third kappa shape index (κ3) is 1.95. The van der Waals surface area contributed by atoms with Crippen LogP contribution in [0.5, 0.6) is 0 Å². The van der Waals surface area contributed by atoms with Crippen LogP contribution in [0.25, 0.3) is 11.0 Å². The molecule has 1 saturated heterocycles. The third-order valence-corrected chi connectivity index (χ3v) is 3.39. The van der Waals surface area contributed by atoms with Gasteiger partial charge in [0.2, 0.25) is 5.95 Å². The van der Waals surface area contributed by atoms with Crippen molar-refractivity contribution in [3.8, 4) is 0 Å². The van der Waals surface area contributed by atoms with Gasteiger partial charge in [0.15, 0.2) is 0 Å². The van der Waals surface area contributed by atoms with E-state index in [2.05, 4.69) is 33.0 Å². The van der Waals surface area contributed by atoms with E-state index in [1.165, 1.54) is 5.52 Å². The Morgan fingerprint density at radius 3 is 2.78 bits per heavy atom. The fourth-order valence-corrected chi connectivity index (χ4v) is 2.52. The highest BCUT2D eigenvalue weighted by Crippen LogP contribution is 2.22. The van der Waals surface area contributed by atoms with Gasteiger partial charge in [-0.1, -0.05) is 12.1 Å². The number of benzene rings is 1. The van der Waals surface area contributed by atoms with E-state index in [0.29, 0.717) is 6.54 Å². The molecule has 0 saturated carbocycles. The number of hydrogen-bond donors (Lipinski definition) is 2. The summed E-state index contributed by atoms with van der Waals surface area (Å²) in [6.07, 6.45) is 0. The van der Waals surface area contributed by atoms with Gasteiger partial charge in [-0.15, -0.1) is 0 Å². The number of imidazole rings is 1. The van der Waals surface area contributed by atoms with Crippen LogP contribution < -0.4 is 16.0 Å². The lowest BCUT2D eigenvalue weighted by atomic mass is 10.3. The molecule has 1 aliphatic heterocycles. The molecular formula is C13H19N5. The van der Waals surface area contributed by atoms with Gasteiger partial charge >= 0.3 is 0 Å². The molecule has 0 spiro atoms. The fourth-order valence-electron chi connectivity index (χ4n) is 2.52. The summed E-state index contributed by atoms with van der Waals surface area (Å²) >= 11 is 0. The zero-order chi connectivity index (χ0) is 12.4. The standard InChI is InChI=1S/C13H19N5/c14-5-8-18-12-4-2-1-3-11(12)16-13(18)17-9-6-15-7-10-17/h1-4,15H,5-10,14H2. The second-order valence-electron chi connectivity index (χ2n) is 4.58. The molecule has 3 N–H and O–H groups in total. The van der Waals surface area contributed by atoms with E-state index in [1.807, 2.05) is 6.07 Å². The summed E-state index contributed by atoms with van der Waals surface area (Å²) in [4.78, 5) is 7.10. The molecule has 96 valence electrons. The molecule has 0 bridgehead atoms. The summed E-state index contributed by atoms with van der Waals surface area (Å²) in [7, 11) is 0. The Morgan fingerprint density at radius 2 is 2.00 bits per heavy atom. The van der Waals surface area contributed by atoms with Gasteiger partial charge in [-0.3, -0.25) is 0 Å². The van der Waals surface area contributed by atoms with Crippen LogP contribution in [0.3, 0.4) is 0 Å². The maximum absolute atomic E-state index is 5.73. The molecule has 5 nitrogen and oxygen atoms in total. The molecular weight excluding hydrogens is 226 g/mol. The minimum Gasteiger partial charge on any atom is -0.340 e. The molecule has 1 aromatic carbocycles. The first-order valence-electron chi connectivity index (χ1n) is 6.51. The van der Waals surface area contributed by atoms with Crippen molar-refractivity contribution in [2.24, 2.45) is 5.73 Å². The van der Waals surface area contributed by atoms with E-state index in [9.17, 15) is 0 Å².